The van der Waals surface area contributed by atoms with Crippen molar-refractivity contribution in [1.82, 2.24) is 15.1 Å². The Kier molecular flexibility index (Phi) is 5.43. The molecule has 0 aliphatic carbocycles. The second-order valence-electron chi connectivity index (χ2n) is 8.80. The third kappa shape index (κ3) is 3.89. The quantitative estimate of drug-likeness (QED) is 0.693. The summed E-state index contributed by atoms with van der Waals surface area (Å²) in [7, 11) is 0. The van der Waals surface area contributed by atoms with E-state index in [1.807, 2.05) is 42.2 Å². The zero-order valence-corrected chi connectivity index (χ0v) is 19.2. The van der Waals surface area contributed by atoms with E-state index >= 15 is 0 Å². The van der Waals surface area contributed by atoms with Gasteiger partial charge in [-0.15, -0.1) is 0 Å². The first-order valence-electron chi connectivity index (χ1n) is 11.0. The maximum atomic E-state index is 13.1. The van der Waals surface area contributed by atoms with E-state index in [1.54, 1.807) is 0 Å². The molecule has 2 N–H and O–H groups in total. The molecule has 3 aliphatic heterocycles. The molecule has 1 atom stereocenters. The minimum atomic E-state index is -0.359. The van der Waals surface area contributed by atoms with Crippen LogP contribution in [0.3, 0.4) is 0 Å². The Morgan fingerprint density at radius 2 is 1.97 bits per heavy atom. The van der Waals surface area contributed by atoms with Crippen molar-refractivity contribution in [2.24, 2.45) is 0 Å². The van der Waals surface area contributed by atoms with Gasteiger partial charge in [-0.05, 0) is 61.5 Å². The normalized spacial score (nSPS) is 21.3. The van der Waals surface area contributed by atoms with Crippen LogP contribution >= 0.6 is 12.2 Å². The van der Waals surface area contributed by atoms with Gasteiger partial charge in [0.25, 0.3) is 0 Å². The number of fused-ring (bicyclic) bond motifs is 1. The number of rotatable bonds is 3. The van der Waals surface area contributed by atoms with Gasteiger partial charge in [-0.1, -0.05) is 18.2 Å². The lowest BCUT2D eigenvalue weighted by atomic mass is 9.95. The SMILES string of the molecule is Cc1cccc(NC(=S)N2CCC3(CC2)N[C@H](C)C(=O)N3Cc2ccc3c(c2)OCO3)c1. The highest BCUT2D eigenvalue weighted by Crippen LogP contribution is 2.37. The van der Waals surface area contributed by atoms with E-state index in [0.717, 1.165) is 53.8 Å². The standard InChI is InChI=1S/C24H28N4O3S/c1-16-4-3-5-19(12-16)25-23(32)27-10-8-24(9-11-27)26-17(2)22(29)28(24)14-18-6-7-20-21(13-18)31-15-30-20/h3-7,12-13,17,26H,8-11,14-15H2,1-2H3,(H,25,32)/t17-/m1/s1. The second kappa shape index (κ2) is 8.26. The first kappa shape index (κ1) is 21.0. The van der Waals surface area contributed by atoms with Crippen LogP contribution in [-0.2, 0) is 11.3 Å². The number of ether oxygens (including phenoxy) is 2. The Morgan fingerprint density at radius 3 is 2.75 bits per heavy atom. The number of carbonyl (C=O) groups excluding carboxylic acids is 1. The summed E-state index contributed by atoms with van der Waals surface area (Å²) in [5.41, 5.74) is 2.87. The topological polar surface area (TPSA) is 66.1 Å². The lowest BCUT2D eigenvalue weighted by molar-refractivity contribution is -0.133. The number of hydrogen-bond acceptors (Lipinski definition) is 5. The van der Waals surface area contributed by atoms with Crippen LogP contribution in [0.1, 0.15) is 30.9 Å². The molecular formula is C24H28N4O3S. The summed E-state index contributed by atoms with van der Waals surface area (Å²) in [4.78, 5) is 17.3. The Balaban J connectivity index is 1.27. The van der Waals surface area contributed by atoms with Crippen LogP contribution < -0.4 is 20.1 Å². The van der Waals surface area contributed by atoms with Crippen molar-refractivity contribution in [3.05, 3.63) is 53.6 Å². The number of anilines is 1. The molecule has 0 aromatic heterocycles. The minimum absolute atomic E-state index is 0.136. The van der Waals surface area contributed by atoms with Crippen molar-refractivity contribution in [2.45, 2.75) is 44.9 Å². The third-order valence-electron chi connectivity index (χ3n) is 6.56. The van der Waals surface area contributed by atoms with Crippen LogP contribution in [0.25, 0.3) is 0 Å². The average molecular weight is 453 g/mol. The predicted molar refractivity (Wildman–Crippen MR) is 127 cm³/mol. The average Bonchev–Trinajstić information content (AvgIpc) is 3.33. The van der Waals surface area contributed by atoms with Gasteiger partial charge in [0.05, 0.1) is 11.7 Å². The maximum absolute atomic E-state index is 13.1. The number of likely N-dealkylation sites (tertiary alicyclic amines) is 1. The Morgan fingerprint density at radius 1 is 1.19 bits per heavy atom. The minimum Gasteiger partial charge on any atom is -0.454 e. The van der Waals surface area contributed by atoms with Gasteiger partial charge in [-0.25, -0.2) is 0 Å². The molecule has 2 saturated heterocycles. The van der Waals surface area contributed by atoms with Gasteiger partial charge < -0.3 is 24.6 Å². The van der Waals surface area contributed by atoms with Crippen LogP contribution in [0.15, 0.2) is 42.5 Å². The number of piperidine rings is 1. The Bertz CT molecular complexity index is 1050. The van der Waals surface area contributed by atoms with Gasteiger partial charge in [0, 0.05) is 38.2 Å². The summed E-state index contributed by atoms with van der Waals surface area (Å²) in [6.45, 7) is 6.36. The molecule has 1 spiro atoms. The van der Waals surface area contributed by atoms with Crippen LogP contribution in [0, 0.1) is 6.92 Å². The molecular weight excluding hydrogens is 424 g/mol. The summed E-state index contributed by atoms with van der Waals surface area (Å²) < 4.78 is 10.9. The van der Waals surface area contributed by atoms with Crippen molar-refractivity contribution in [3.8, 4) is 11.5 Å². The molecule has 7 nitrogen and oxygen atoms in total. The van der Waals surface area contributed by atoms with E-state index in [-0.39, 0.29) is 24.4 Å². The maximum Gasteiger partial charge on any atom is 0.241 e. The zero-order chi connectivity index (χ0) is 22.3. The number of aryl methyl sites for hydroxylation is 1. The van der Waals surface area contributed by atoms with Crippen molar-refractivity contribution in [3.63, 3.8) is 0 Å². The molecule has 8 heteroatoms. The van der Waals surface area contributed by atoms with Gasteiger partial charge in [-0.3, -0.25) is 10.1 Å². The predicted octanol–water partition coefficient (Wildman–Crippen LogP) is 3.23. The van der Waals surface area contributed by atoms with Crippen molar-refractivity contribution in [1.29, 1.82) is 0 Å². The van der Waals surface area contributed by atoms with Gasteiger partial charge in [-0.2, -0.15) is 0 Å². The number of nitrogens with zero attached hydrogens (tertiary/aromatic N) is 2. The lowest BCUT2D eigenvalue weighted by Gasteiger charge is -2.45. The summed E-state index contributed by atoms with van der Waals surface area (Å²) in [5.74, 6) is 1.63. The number of nitrogens with one attached hydrogen (secondary N) is 2. The van der Waals surface area contributed by atoms with E-state index in [1.165, 1.54) is 5.56 Å². The lowest BCUT2D eigenvalue weighted by Crippen LogP contribution is -2.59. The van der Waals surface area contributed by atoms with Crippen LogP contribution in [0.4, 0.5) is 5.69 Å². The highest BCUT2D eigenvalue weighted by Gasteiger charge is 2.50. The van der Waals surface area contributed by atoms with Gasteiger partial charge in [0.15, 0.2) is 16.6 Å². The first-order chi connectivity index (χ1) is 15.4. The van der Waals surface area contributed by atoms with Gasteiger partial charge in [0.1, 0.15) is 0 Å². The number of hydrogen-bond donors (Lipinski definition) is 2. The second-order valence-corrected chi connectivity index (χ2v) is 9.18. The van der Waals surface area contributed by atoms with E-state index in [9.17, 15) is 4.79 Å². The van der Waals surface area contributed by atoms with E-state index in [2.05, 4.69) is 34.6 Å². The molecule has 5 rings (SSSR count). The first-order valence-corrected chi connectivity index (χ1v) is 11.4. The van der Waals surface area contributed by atoms with Crippen LogP contribution in [0.5, 0.6) is 11.5 Å². The highest BCUT2D eigenvalue weighted by atomic mass is 32.1. The molecule has 2 aromatic rings. The molecule has 168 valence electrons. The fourth-order valence-electron chi connectivity index (χ4n) is 4.86. The summed E-state index contributed by atoms with van der Waals surface area (Å²) in [5, 5.41) is 7.67. The molecule has 0 unspecified atom stereocenters. The van der Waals surface area contributed by atoms with E-state index in [0.29, 0.717) is 6.54 Å². The highest BCUT2D eigenvalue weighted by molar-refractivity contribution is 7.80. The molecule has 3 heterocycles. The smallest absolute Gasteiger partial charge is 0.241 e. The molecule has 32 heavy (non-hydrogen) atoms. The summed E-state index contributed by atoms with van der Waals surface area (Å²) >= 11 is 5.68. The summed E-state index contributed by atoms with van der Waals surface area (Å²) in [6.07, 6.45) is 1.62. The number of thiocarbonyl (C=S) groups is 1. The Hall–Kier alpha value is -2.84. The summed E-state index contributed by atoms with van der Waals surface area (Å²) in [6, 6.07) is 13.9. The number of benzene rings is 2. The molecule has 1 amide bonds. The fraction of sp³-hybridized carbons (Fsp3) is 0.417. The van der Waals surface area contributed by atoms with E-state index in [4.69, 9.17) is 21.7 Å². The molecule has 2 fully saturated rings. The van der Waals surface area contributed by atoms with Crippen molar-refractivity contribution in [2.75, 3.05) is 25.2 Å². The number of carbonyl (C=O) groups is 1. The van der Waals surface area contributed by atoms with Gasteiger partial charge >= 0.3 is 0 Å². The van der Waals surface area contributed by atoms with Crippen LogP contribution in [0.2, 0.25) is 0 Å². The van der Waals surface area contributed by atoms with Crippen LogP contribution in [-0.4, -0.2) is 52.4 Å². The largest absolute Gasteiger partial charge is 0.454 e. The van der Waals surface area contributed by atoms with E-state index < -0.39 is 0 Å². The van der Waals surface area contributed by atoms with Crippen molar-refractivity contribution >= 4 is 28.9 Å². The monoisotopic (exact) mass is 452 g/mol. The molecule has 0 bridgehead atoms. The van der Waals surface area contributed by atoms with Gasteiger partial charge in [0.2, 0.25) is 12.7 Å². The molecule has 2 aromatic carbocycles. The fourth-order valence-corrected chi connectivity index (χ4v) is 5.16. The molecule has 3 aliphatic rings. The zero-order valence-electron chi connectivity index (χ0n) is 18.4. The third-order valence-corrected chi connectivity index (χ3v) is 6.92. The van der Waals surface area contributed by atoms with Crippen molar-refractivity contribution < 1.29 is 14.3 Å². The molecule has 0 radical (unpaired) electrons. The number of amides is 1. The molecule has 0 saturated carbocycles. The Labute approximate surface area is 193 Å².